The Labute approximate surface area is 235 Å². The minimum atomic E-state index is -1.08. The third-order valence-corrected chi connectivity index (χ3v) is 5.78. The van der Waals surface area contributed by atoms with Crippen LogP contribution in [-0.2, 0) is 35.3 Å². The standard InChI is InChI=1S/C25H32N6O8S/c1-14(2)21(30-18(32)12-31-19(33)9-10-20(31)34)23(36)29-17(4-3-11-27-24(26)37)22(35)28-16-7-5-15(6-8-16)13-39-25(38)40/h5-10,14,17,21H,3-4,11-13H2,1-2H3,(H,28,35)(H,29,36)(H,30,32)(H,38,40)(H3,26,27,37)/t17-,21-/m1/s1. The number of urea groups is 1. The number of amides is 7. The van der Waals surface area contributed by atoms with Crippen molar-refractivity contribution in [3.8, 4) is 0 Å². The lowest BCUT2D eigenvalue weighted by Gasteiger charge is -2.26. The Morgan fingerprint density at radius 3 is 2.15 bits per heavy atom. The van der Waals surface area contributed by atoms with Gasteiger partial charge in [0.15, 0.2) is 0 Å². The summed E-state index contributed by atoms with van der Waals surface area (Å²) < 4.78 is 4.80. The Morgan fingerprint density at radius 2 is 1.60 bits per heavy atom. The second-order valence-corrected chi connectivity index (χ2v) is 9.49. The lowest BCUT2D eigenvalue weighted by molar-refractivity contribution is -0.141. The molecule has 0 saturated carbocycles. The maximum Gasteiger partial charge on any atom is 0.364 e. The molecule has 7 amide bonds. The van der Waals surface area contributed by atoms with E-state index in [4.69, 9.17) is 10.5 Å². The third-order valence-electron chi connectivity index (χ3n) is 5.65. The Bertz CT molecular complexity index is 1150. The first-order valence-electron chi connectivity index (χ1n) is 12.3. The number of thiol groups is 1. The van der Waals surface area contributed by atoms with Crippen LogP contribution in [0.2, 0.25) is 0 Å². The predicted octanol–water partition coefficient (Wildman–Crippen LogP) is 0.191. The molecule has 2 atom stereocenters. The SMILES string of the molecule is CC(C)[C@@H](NC(=O)CN1C(=O)C=CC1=O)C(=O)N[C@H](CCCNC(N)=O)C(=O)Nc1ccc(COC(=O)S)cc1. The van der Waals surface area contributed by atoms with Crippen LogP contribution in [0.25, 0.3) is 0 Å². The van der Waals surface area contributed by atoms with Crippen molar-refractivity contribution < 1.29 is 38.3 Å². The number of carbonyl (C=O) groups is 7. The molecule has 1 aliphatic rings. The number of nitrogens with one attached hydrogen (secondary N) is 4. The summed E-state index contributed by atoms with van der Waals surface area (Å²) >= 11 is 3.53. The van der Waals surface area contributed by atoms with Gasteiger partial charge < -0.3 is 31.7 Å². The average molecular weight is 577 g/mol. The van der Waals surface area contributed by atoms with Crippen LogP contribution in [0.5, 0.6) is 0 Å². The van der Waals surface area contributed by atoms with Gasteiger partial charge >= 0.3 is 11.3 Å². The quantitative estimate of drug-likeness (QED) is 0.0778. The summed E-state index contributed by atoms with van der Waals surface area (Å²) in [6, 6.07) is 3.55. The summed E-state index contributed by atoms with van der Waals surface area (Å²) in [5.74, 6) is -3.63. The van der Waals surface area contributed by atoms with Gasteiger partial charge in [-0.25, -0.2) is 9.59 Å². The van der Waals surface area contributed by atoms with E-state index in [9.17, 15) is 33.6 Å². The summed E-state index contributed by atoms with van der Waals surface area (Å²) in [6.07, 6.45) is 2.50. The van der Waals surface area contributed by atoms with Crippen LogP contribution in [0.4, 0.5) is 15.3 Å². The fourth-order valence-electron chi connectivity index (χ4n) is 3.59. The Morgan fingerprint density at radius 1 is 0.975 bits per heavy atom. The van der Waals surface area contributed by atoms with Crippen molar-refractivity contribution in [2.75, 3.05) is 18.4 Å². The van der Waals surface area contributed by atoms with Crippen molar-refractivity contribution in [2.45, 2.75) is 45.4 Å². The van der Waals surface area contributed by atoms with Gasteiger partial charge in [-0.15, -0.1) is 0 Å². The number of anilines is 1. The predicted molar refractivity (Wildman–Crippen MR) is 146 cm³/mol. The van der Waals surface area contributed by atoms with Crippen molar-refractivity contribution in [1.29, 1.82) is 0 Å². The van der Waals surface area contributed by atoms with Gasteiger partial charge in [0.25, 0.3) is 11.8 Å². The van der Waals surface area contributed by atoms with Crippen LogP contribution in [0, 0.1) is 5.92 Å². The molecule has 15 heteroatoms. The van der Waals surface area contributed by atoms with E-state index in [1.807, 2.05) is 0 Å². The first kappa shape index (κ1) is 31.8. The first-order valence-corrected chi connectivity index (χ1v) is 12.7. The van der Waals surface area contributed by atoms with Crippen LogP contribution in [0.15, 0.2) is 36.4 Å². The molecule has 40 heavy (non-hydrogen) atoms. The van der Waals surface area contributed by atoms with Crippen LogP contribution >= 0.6 is 12.6 Å². The molecule has 0 aromatic heterocycles. The smallest absolute Gasteiger partial charge is 0.364 e. The zero-order chi connectivity index (χ0) is 29.8. The molecule has 1 aliphatic heterocycles. The zero-order valence-electron chi connectivity index (χ0n) is 22.0. The zero-order valence-corrected chi connectivity index (χ0v) is 22.9. The van der Waals surface area contributed by atoms with Crippen molar-refractivity contribution in [1.82, 2.24) is 20.9 Å². The number of ether oxygens (including phenoxy) is 1. The molecule has 14 nitrogen and oxygen atoms in total. The van der Waals surface area contributed by atoms with E-state index < -0.39 is 65.4 Å². The molecule has 0 aliphatic carbocycles. The van der Waals surface area contributed by atoms with E-state index in [0.29, 0.717) is 17.7 Å². The van der Waals surface area contributed by atoms with Gasteiger partial charge in [0.2, 0.25) is 17.7 Å². The number of primary amides is 1. The molecule has 2 rings (SSSR count). The molecule has 0 spiro atoms. The maximum atomic E-state index is 13.2. The Balaban J connectivity index is 2.08. The minimum absolute atomic E-state index is 0.00100. The summed E-state index contributed by atoms with van der Waals surface area (Å²) in [4.78, 5) is 84.9. The molecular formula is C25H32N6O8S. The molecule has 0 bridgehead atoms. The highest BCUT2D eigenvalue weighted by Crippen LogP contribution is 2.13. The van der Waals surface area contributed by atoms with Crippen LogP contribution < -0.4 is 27.0 Å². The van der Waals surface area contributed by atoms with E-state index >= 15 is 0 Å². The molecule has 0 fully saturated rings. The fourth-order valence-corrected chi connectivity index (χ4v) is 3.66. The Hall–Kier alpha value is -4.40. The van der Waals surface area contributed by atoms with E-state index in [1.165, 1.54) is 0 Å². The summed E-state index contributed by atoms with van der Waals surface area (Å²) in [7, 11) is 0. The number of hydrogen-bond acceptors (Lipinski definition) is 8. The molecule has 6 N–H and O–H groups in total. The number of benzene rings is 1. The molecular weight excluding hydrogens is 544 g/mol. The fraction of sp³-hybridized carbons (Fsp3) is 0.400. The van der Waals surface area contributed by atoms with Gasteiger partial charge in [-0.3, -0.25) is 28.9 Å². The van der Waals surface area contributed by atoms with Crippen LogP contribution in [0.1, 0.15) is 32.3 Å². The van der Waals surface area contributed by atoms with Gasteiger partial charge in [0, 0.05) is 24.4 Å². The lowest BCUT2D eigenvalue weighted by atomic mass is 10.0. The molecule has 1 aromatic carbocycles. The number of nitrogens with two attached hydrogens (primary N) is 1. The van der Waals surface area contributed by atoms with Crippen molar-refractivity contribution in [3.05, 3.63) is 42.0 Å². The number of carbonyl (C=O) groups excluding carboxylic acids is 7. The average Bonchev–Trinajstić information content (AvgIpc) is 3.20. The maximum absolute atomic E-state index is 13.2. The second kappa shape index (κ2) is 15.3. The van der Waals surface area contributed by atoms with Gasteiger partial charge in [0.1, 0.15) is 25.2 Å². The number of hydrogen-bond donors (Lipinski definition) is 6. The molecule has 216 valence electrons. The second-order valence-electron chi connectivity index (χ2n) is 9.12. The number of rotatable bonds is 14. The summed E-state index contributed by atoms with van der Waals surface area (Å²) in [5, 5.41) is 9.52. The highest BCUT2D eigenvalue weighted by molar-refractivity contribution is 7.96. The number of imide groups is 1. The molecule has 1 heterocycles. The summed E-state index contributed by atoms with van der Waals surface area (Å²) in [6.45, 7) is 2.95. The highest BCUT2D eigenvalue weighted by atomic mass is 32.1. The largest absolute Gasteiger partial charge is 0.453 e. The highest BCUT2D eigenvalue weighted by Gasteiger charge is 2.31. The summed E-state index contributed by atoms with van der Waals surface area (Å²) in [5.41, 5.74) is 6.14. The normalized spacial score (nSPS) is 13.9. The van der Waals surface area contributed by atoms with Gasteiger partial charge in [0.05, 0.1) is 0 Å². The monoisotopic (exact) mass is 576 g/mol. The molecule has 1 aromatic rings. The lowest BCUT2D eigenvalue weighted by Crippen LogP contribution is -2.56. The molecule has 0 unspecified atom stereocenters. The van der Waals surface area contributed by atoms with E-state index in [-0.39, 0.29) is 19.6 Å². The van der Waals surface area contributed by atoms with Crippen molar-refractivity contribution >= 4 is 59.2 Å². The van der Waals surface area contributed by atoms with E-state index in [1.54, 1.807) is 38.1 Å². The number of nitrogens with zero attached hydrogens (tertiary/aromatic N) is 1. The molecule has 0 saturated heterocycles. The van der Waals surface area contributed by atoms with Crippen LogP contribution in [-0.4, -0.2) is 70.9 Å². The Kier molecular flexibility index (Phi) is 12.1. The minimum Gasteiger partial charge on any atom is -0.453 e. The van der Waals surface area contributed by atoms with E-state index in [0.717, 1.165) is 17.1 Å². The van der Waals surface area contributed by atoms with Crippen LogP contribution in [0.3, 0.4) is 0 Å². The first-order chi connectivity index (χ1) is 18.9. The van der Waals surface area contributed by atoms with E-state index in [2.05, 4.69) is 33.9 Å². The topological polar surface area (TPSA) is 206 Å². The van der Waals surface area contributed by atoms with Gasteiger partial charge in [-0.2, -0.15) is 0 Å². The van der Waals surface area contributed by atoms with Crippen molar-refractivity contribution in [3.63, 3.8) is 0 Å². The van der Waals surface area contributed by atoms with Gasteiger partial charge in [-0.05, 0) is 36.5 Å². The molecule has 0 radical (unpaired) electrons. The third kappa shape index (κ3) is 10.4. The van der Waals surface area contributed by atoms with Gasteiger partial charge in [-0.1, -0.05) is 38.6 Å². The van der Waals surface area contributed by atoms with Crippen molar-refractivity contribution in [2.24, 2.45) is 11.7 Å².